The van der Waals surface area contributed by atoms with Crippen LogP contribution in [0.1, 0.15) is 40.7 Å². The van der Waals surface area contributed by atoms with Crippen molar-refractivity contribution in [2.24, 2.45) is 17.6 Å². The Kier molecular flexibility index (Phi) is 4.25. The van der Waals surface area contributed by atoms with E-state index in [0.29, 0.717) is 12.5 Å². The molecule has 2 unspecified atom stereocenters. The lowest BCUT2D eigenvalue weighted by Crippen LogP contribution is -2.25. The topological polar surface area (TPSA) is 52.3 Å². The molecule has 1 aromatic carbocycles. The van der Waals surface area contributed by atoms with Crippen LogP contribution in [0.25, 0.3) is 0 Å². The van der Waals surface area contributed by atoms with Crippen LogP contribution in [-0.4, -0.2) is 19.4 Å². The fraction of sp³-hybridized carbons (Fsp3) is 0.562. The van der Waals surface area contributed by atoms with E-state index < -0.39 is 0 Å². The number of aryl methyl sites for hydroxylation is 2. The first-order chi connectivity index (χ1) is 9.08. The Hall–Kier alpha value is -1.35. The molecule has 0 saturated heterocycles. The van der Waals surface area contributed by atoms with Gasteiger partial charge in [-0.2, -0.15) is 0 Å². The van der Waals surface area contributed by atoms with Crippen molar-refractivity contribution in [2.45, 2.75) is 33.1 Å². The van der Waals surface area contributed by atoms with Crippen LogP contribution < -0.4 is 10.5 Å². The third-order valence-electron chi connectivity index (χ3n) is 4.31. The first-order valence-electron chi connectivity index (χ1n) is 6.98. The Morgan fingerprint density at radius 1 is 1.32 bits per heavy atom. The molecule has 0 amide bonds. The van der Waals surface area contributed by atoms with E-state index in [1.54, 1.807) is 7.11 Å². The van der Waals surface area contributed by atoms with Crippen molar-refractivity contribution in [2.75, 3.05) is 13.7 Å². The number of carbonyl (C=O) groups excluding carboxylic acids is 1. The molecule has 0 spiro atoms. The summed E-state index contributed by atoms with van der Waals surface area (Å²) in [6.45, 7) is 4.57. The molecule has 3 heteroatoms. The van der Waals surface area contributed by atoms with Gasteiger partial charge >= 0.3 is 0 Å². The minimum Gasteiger partial charge on any atom is -0.496 e. The van der Waals surface area contributed by atoms with Crippen LogP contribution in [0.5, 0.6) is 5.75 Å². The molecule has 0 radical (unpaired) electrons. The van der Waals surface area contributed by atoms with E-state index in [1.807, 2.05) is 26.0 Å². The van der Waals surface area contributed by atoms with Crippen LogP contribution in [0.2, 0.25) is 0 Å². The van der Waals surface area contributed by atoms with Gasteiger partial charge in [-0.25, -0.2) is 0 Å². The highest BCUT2D eigenvalue weighted by Gasteiger charge is 2.33. The van der Waals surface area contributed by atoms with E-state index in [0.717, 1.165) is 41.7 Å². The number of ether oxygens (including phenoxy) is 1. The summed E-state index contributed by atoms with van der Waals surface area (Å²) in [5, 5.41) is 0. The largest absolute Gasteiger partial charge is 0.496 e. The number of benzene rings is 1. The maximum Gasteiger partial charge on any atom is 0.166 e. The monoisotopic (exact) mass is 261 g/mol. The smallest absolute Gasteiger partial charge is 0.166 e. The van der Waals surface area contributed by atoms with Gasteiger partial charge in [-0.05, 0) is 62.4 Å². The van der Waals surface area contributed by atoms with Gasteiger partial charge < -0.3 is 10.5 Å². The van der Waals surface area contributed by atoms with E-state index >= 15 is 0 Å². The zero-order valence-corrected chi connectivity index (χ0v) is 12.0. The molecular formula is C16H23NO2. The second-order valence-corrected chi connectivity index (χ2v) is 5.53. The highest BCUT2D eigenvalue weighted by atomic mass is 16.5. The van der Waals surface area contributed by atoms with Gasteiger partial charge in [-0.1, -0.05) is 6.42 Å². The fourth-order valence-electron chi connectivity index (χ4n) is 3.14. The maximum absolute atomic E-state index is 12.7. The van der Waals surface area contributed by atoms with E-state index in [1.165, 1.54) is 0 Å². The Balaban J connectivity index is 2.31. The van der Waals surface area contributed by atoms with Gasteiger partial charge in [0.05, 0.1) is 7.11 Å². The highest BCUT2D eigenvalue weighted by molar-refractivity contribution is 5.99. The Morgan fingerprint density at radius 3 is 2.68 bits per heavy atom. The van der Waals surface area contributed by atoms with Gasteiger partial charge in [0.1, 0.15) is 5.75 Å². The number of Topliss-reactive ketones (excluding diaryl/α,β-unsaturated/α-hetero) is 1. The molecule has 0 aromatic heterocycles. The number of nitrogens with two attached hydrogens (primary N) is 1. The predicted octanol–water partition coefficient (Wildman–Crippen LogP) is 2.87. The summed E-state index contributed by atoms with van der Waals surface area (Å²) in [5.74, 6) is 1.57. The third-order valence-corrected chi connectivity index (χ3v) is 4.31. The average Bonchev–Trinajstić information content (AvgIpc) is 2.88. The number of carbonyl (C=O) groups is 1. The molecule has 0 bridgehead atoms. The summed E-state index contributed by atoms with van der Waals surface area (Å²) in [7, 11) is 1.66. The van der Waals surface area contributed by atoms with E-state index in [2.05, 4.69) is 0 Å². The SMILES string of the molecule is COc1cc(C)c(C(=O)C2CCCC2CN)cc1C. The molecular weight excluding hydrogens is 238 g/mol. The standard InChI is InChI=1S/C16H23NO2/c1-10-8-15(19-3)11(2)7-14(10)16(18)13-6-4-5-12(13)9-17/h7-8,12-13H,4-6,9,17H2,1-3H3. The van der Waals surface area contributed by atoms with Crippen LogP contribution in [0.4, 0.5) is 0 Å². The maximum atomic E-state index is 12.7. The molecule has 1 fully saturated rings. The van der Waals surface area contributed by atoms with Crippen molar-refractivity contribution in [3.63, 3.8) is 0 Å². The lowest BCUT2D eigenvalue weighted by Gasteiger charge is -2.18. The van der Waals surface area contributed by atoms with Crippen molar-refractivity contribution in [3.8, 4) is 5.75 Å². The Bertz CT molecular complexity index is 482. The first kappa shape index (κ1) is 14.1. The predicted molar refractivity (Wildman–Crippen MR) is 76.7 cm³/mol. The number of hydrogen-bond acceptors (Lipinski definition) is 3. The third kappa shape index (κ3) is 2.66. The summed E-state index contributed by atoms with van der Waals surface area (Å²) >= 11 is 0. The van der Waals surface area contributed by atoms with Crippen LogP contribution in [0.15, 0.2) is 12.1 Å². The fourth-order valence-corrected chi connectivity index (χ4v) is 3.14. The molecule has 2 N–H and O–H groups in total. The zero-order valence-electron chi connectivity index (χ0n) is 12.0. The Labute approximate surface area is 115 Å². The summed E-state index contributed by atoms with van der Waals surface area (Å²) in [5.41, 5.74) is 8.63. The second-order valence-electron chi connectivity index (χ2n) is 5.53. The van der Waals surface area contributed by atoms with Crippen molar-refractivity contribution < 1.29 is 9.53 Å². The summed E-state index contributed by atoms with van der Waals surface area (Å²) in [6, 6.07) is 3.91. The van der Waals surface area contributed by atoms with Crippen molar-refractivity contribution in [1.82, 2.24) is 0 Å². The van der Waals surface area contributed by atoms with E-state index in [-0.39, 0.29) is 11.7 Å². The Morgan fingerprint density at radius 2 is 2.05 bits per heavy atom. The van der Waals surface area contributed by atoms with Crippen LogP contribution in [-0.2, 0) is 0 Å². The van der Waals surface area contributed by atoms with Crippen molar-refractivity contribution >= 4 is 5.78 Å². The highest BCUT2D eigenvalue weighted by Crippen LogP contribution is 2.35. The molecule has 2 atom stereocenters. The summed E-state index contributed by atoms with van der Waals surface area (Å²) in [4.78, 5) is 12.7. The molecule has 19 heavy (non-hydrogen) atoms. The number of methoxy groups -OCH3 is 1. The molecule has 0 aliphatic heterocycles. The van der Waals surface area contributed by atoms with Gasteiger partial charge in [-0.3, -0.25) is 4.79 Å². The molecule has 1 aromatic rings. The number of ketones is 1. The van der Waals surface area contributed by atoms with Crippen LogP contribution in [0, 0.1) is 25.7 Å². The lowest BCUT2D eigenvalue weighted by atomic mass is 9.86. The molecule has 1 saturated carbocycles. The number of hydrogen-bond donors (Lipinski definition) is 1. The number of rotatable bonds is 4. The minimum absolute atomic E-state index is 0.108. The molecule has 1 aliphatic carbocycles. The van der Waals surface area contributed by atoms with Crippen LogP contribution in [0.3, 0.4) is 0 Å². The first-order valence-corrected chi connectivity index (χ1v) is 6.98. The van der Waals surface area contributed by atoms with E-state index in [9.17, 15) is 4.79 Å². The van der Waals surface area contributed by atoms with E-state index in [4.69, 9.17) is 10.5 Å². The van der Waals surface area contributed by atoms with Gasteiger partial charge in [0, 0.05) is 11.5 Å². The summed E-state index contributed by atoms with van der Waals surface area (Å²) < 4.78 is 5.30. The second kappa shape index (κ2) is 5.74. The minimum atomic E-state index is 0.108. The molecule has 0 heterocycles. The average molecular weight is 261 g/mol. The lowest BCUT2D eigenvalue weighted by molar-refractivity contribution is 0.0892. The van der Waals surface area contributed by atoms with Crippen molar-refractivity contribution in [1.29, 1.82) is 0 Å². The van der Waals surface area contributed by atoms with Crippen LogP contribution >= 0.6 is 0 Å². The molecule has 3 nitrogen and oxygen atoms in total. The normalized spacial score (nSPS) is 22.5. The van der Waals surface area contributed by atoms with Gasteiger partial charge in [0.15, 0.2) is 5.78 Å². The molecule has 104 valence electrons. The van der Waals surface area contributed by atoms with Gasteiger partial charge in [0.2, 0.25) is 0 Å². The van der Waals surface area contributed by atoms with Crippen molar-refractivity contribution in [3.05, 3.63) is 28.8 Å². The summed E-state index contributed by atoms with van der Waals surface area (Å²) in [6.07, 6.45) is 3.18. The zero-order chi connectivity index (χ0) is 14.0. The van der Waals surface area contributed by atoms with Gasteiger partial charge in [0.25, 0.3) is 0 Å². The van der Waals surface area contributed by atoms with Gasteiger partial charge in [-0.15, -0.1) is 0 Å². The molecule has 1 aliphatic rings. The molecule has 2 rings (SSSR count). The quantitative estimate of drug-likeness (QED) is 0.848.